The molecule has 0 aliphatic rings. The third-order valence-electron chi connectivity index (χ3n) is 9.02. The Hall–Kier alpha value is 0.148. The molecule has 43 heavy (non-hydrogen) atoms. The average molecular weight is 714 g/mol. The zero-order valence-corrected chi connectivity index (χ0v) is 32.4. The first-order valence-electron chi connectivity index (χ1n) is 18.8. The van der Waals surface area contributed by atoms with Crippen molar-refractivity contribution in [2.75, 3.05) is 0 Å². The van der Waals surface area contributed by atoms with Gasteiger partial charge in [0.1, 0.15) is 4.32 Å². The smallest absolute Gasteiger partial charge is 0.136 e. The van der Waals surface area contributed by atoms with Crippen LogP contribution in [-0.4, -0.2) is 4.32 Å². The fraction of sp³-hybridized carbons (Fsp3) is 0.821. The number of benzene rings is 1. The van der Waals surface area contributed by atoms with E-state index < -0.39 is 0 Å². The zero-order valence-electron chi connectivity index (χ0n) is 28.7. The van der Waals surface area contributed by atoms with Gasteiger partial charge in [-0.1, -0.05) is 217 Å². The summed E-state index contributed by atoms with van der Waals surface area (Å²) in [6.45, 7) is 4.60. The van der Waals surface area contributed by atoms with Crippen LogP contribution in [0, 0.1) is 0 Å². The molecule has 0 saturated carbocycles. The molecule has 0 unspecified atom stereocenters. The maximum atomic E-state index is 5.95. The molecule has 0 atom stereocenters. The van der Waals surface area contributed by atoms with E-state index in [1.54, 1.807) is 17.3 Å². The molecule has 250 valence electrons. The number of hydrogen-bond acceptors (Lipinski definition) is 2. The molecule has 0 spiro atoms. The molecule has 0 radical (unpaired) electrons. The minimum absolute atomic E-state index is 0. The van der Waals surface area contributed by atoms with Crippen molar-refractivity contribution in [3.8, 4) is 0 Å². The van der Waals surface area contributed by atoms with Gasteiger partial charge in [-0.3, -0.25) is 0 Å². The molecule has 0 aliphatic heterocycles. The number of hydrogen-bond donors (Lipinski definition) is 1. The van der Waals surface area contributed by atoms with Crippen LogP contribution in [0.3, 0.4) is 0 Å². The van der Waals surface area contributed by atoms with Crippen molar-refractivity contribution in [1.29, 1.82) is 0 Å². The summed E-state index contributed by atoms with van der Waals surface area (Å²) in [5.41, 5.74) is 9.03. The van der Waals surface area contributed by atoms with Crippen LogP contribution in [0.2, 0.25) is 0 Å². The van der Waals surface area contributed by atoms with Crippen molar-refractivity contribution in [2.24, 2.45) is 5.73 Å². The van der Waals surface area contributed by atoms with E-state index in [0.717, 1.165) is 0 Å². The fourth-order valence-corrected chi connectivity index (χ4v) is 7.33. The van der Waals surface area contributed by atoms with Gasteiger partial charge in [0.15, 0.2) is 0 Å². The van der Waals surface area contributed by atoms with Crippen molar-refractivity contribution in [3.63, 3.8) is 0 Å². The fourth-order valence-electron chi connectivity index (χ4n) is 6.34. The molecule has 4 heteroatoms. The second kappa shape index (κ2) is 33.5. The Labute approximate surface area is 294 Å². The first-order valence-corrected chi connectivity index (χ1v) is 20.0. The van der Waals surface area contributed by atoms with Gasteiger partial charge >= 0.3 is 0 Å². The zero-order chi connectivity index (χ0) is 30.4. The molecular formula is C39H71MoNS2. The normalized spacial score (nSPS) is 11.1. The molecule has 1 aromatic rings. The molecule has 2 N–H and O–H groups in total. The Morgan fingerprint density at radius 1 is 0.512 bits per heavy atom. The molecule has 0 heterocycles. The van der Waals surface area contributed by atoms with E-state index in [4.69, 9.17) is 18.0 Å². The van der Waals surface area contributed by atoms with Crippen LogP contribution in [0.5, 0.6) is 0 Å². The van der Waals surface area contributed by atoms with Crippen molar-refractivity contribution >= 4 is 28.3 Å². The number of unbranched alkanes of at least 4 members (excludes halogenated alkanes) is 26. The largest absolute Gasteiger partial charge is 0.384 e. The Bertz CT molecular complexity index is 738. The Morgan fingerprint density at radius 3 is 1.19 bits per heavy atom. The molecular weight excluding hydrogens is 643 g/mol. The third kappa shape index (κ3) is 27.0. The SMILES string of the molecule is CCCCCCCCCCCCCCCCc1cccc(SC(N)=S)c1CCCCCCCCCCCCCCCC.[Mo]. The molecule has 0 bridgehead atoms. The van der Waals surface area contributed by atoms with Crippen LogP contribution in [0.4, 0.5) is 0 Å². The van der Waals surface area contributed by atoms with Crippen LogP contribution in [0.15, 0.2) is 23.1 Å². The summed E-state index contributed by atoms with van der Waals surface area (Å²) in [7, 11) is 0. The first kappa shape index (κ1) is 43.1. The average Bonchev–Trinajstić information content (AvgIpc) is 2.98. The third-order valence-corrected chi connectivity index (χ3v) is 10.1. The van der Waals surface area contributed by atoms with Gasteiger partial charge in [-0.15, -0.1) is 0 Å². The summed E-state index contributed by atoms with van der Waals surface area (Å²) in [5.74, 6) is 0. The van der Waals surface area contributed by atoms with Crippen molar-refractivity contribution in [2.45, 2.75) is 211 Å². The van der Waals surface area contributed by atoms with Crippen LogP contribution in [-0.2, 0) is 33.9 Å². The van der Waals surface area contributed by atoms with Crippen molar-refractivity contribution in [3.05, 3.63) is 29.3 Å². The predicted octanol–water partition coefficient (Wildman–Crippen LogP) is 14.1. The molecule has 0 aliphatic carbocycles. The summed E-state index contributed by atoms with van der Waals surface area (Å²) in [5, 5.41) is 0. The summed E-state index contributed by atoms with van der Waals surface area (Å²) >= 11 is 6.87. The Morgan fingerprint density at radius 2 is 0.837 bits per heavy atom. The second-order valence-electron chi connectivity index (χ2n) is 13.0. The number of rotatable bonds is 31. The van der Waals surface area contributed by atoms with Gasteiger partial charge in [0.25, 0.3) is 0 Å². The van der Waals surface area contributed by atoms with E-state index in [-0.39, 0.29) is 21.1 Å². The van der Waals surface area contributed by atoms with Crippen molar-refractivity contribution in [1.82, 2.24) is 0 Å². The van der Waals surface area contributed by atoms with E-state index >= 15 is 0 Å². The first-order chi connectivity index (χ1) is 20.7. The second-order valence-corrected chi connectivity index (χ2v) is 14.8. The molecule has 0 amide bonds. The Balaban J connectivity index is 0.0000176. The number of aryl methyl sites for hydroxylation is 1. The summed E-state index contributed by atoms with van der Waals surface area (Å²) in [6, 6.07) is 6.82. The molecule has 0 saturated heterocycles. The summed E-state index contributed by atoms with van der Waals surface area (Å²) in [4.78, 5) is 1.31. The molecule has 1 rings (SSSR count). The van der Waals surface area contributed by atoms with Crippen LogP contribution in [0.1, 0.15) is 205 Å². The summed E-state index contributed by atoms with van der Waals surface area (Å²) in [6.07, 6.45) is 42.0. The standard InChI is InChI=1S/C39H71NS2.Mo/c1-3-5-7-9-11-13-15-17-19-21-23-25-27-29-32-36-33-31-35-38(42-39(40)41)37(36)34-30-28-26-24-22-20-18-16-14-12-10-8-6-4-2;/h31,33,35H,3-30,32,34H2,1-2H3,(H2,40,41);. The van der Waals surface area contributed by atoms with Gasteiger partial charge in [-0.05, 0) is 42.9 Å². The predicted molar refractivity (Wildman–Crippen MR) is 197 cm³/mol. The van der Waals surface area contributed by atoms with Crippen LogP contribution in [0.25, 0.3) is 0 Å². The van der Waals surface area contributed by atoms with E-state index in [1.165, 1.54) is 203 Å². The van der Waals surface area contributed by atoms with E-state index in [2.05, 4.69) is 32.0 Å². The van der Waals surface area contributed by atoms with Gasteiger partial charge in [0.05, 0.1) is 0 Å². The van der Waals surface area contributed by atoms with Gasteiger partial charge in [0, 0.05) is 26.0 Å². The minimum atomic E-state index is 0. The maximum absolute atomic E-state index is 5.95. The maximum Gasteiger partial charge on any atom is 0.136 e. The van der Waals surface area contributed by atoms with Gasteiger partial charge in [0.2, 0.25) is 0 Å². The van der Waals surface area contributed by atoms with Gasteiger partial charge in [-0.2, -0.15) is 0 Å². The van der Waals surface area contributed by atoms with E-state index in [9.17, 15) is 0 Å². The monoisotopic (exact) mass is 715 g/mol. The molecule has 0 fully saturated rings. The molecule has 1 nitrogen and oxygen atoms in total. The topological polar surface area (TPSA) is 26.0 Å². The van der Waals surface area contributed by atoms with Gasteiger partial charge in [-0.25, -0.2) is 0 Å². The number of thioether (sulfide) groups is 1. The minimum Gasteiger partial charge on any atom is -0.384 e. The van der Waals surface area contributed by atoms with Gasteiger partial charge < -0.3 is 5.73 Å². The summed E-state index contributed by atoms with van der Waals surface area (Å²) < 4.78 is 0.547. The van der Waals surface area contributed by atoms with Crippen LogP contribution < -0.4 is 5.73 Å². The van der Waals surface area contributed by atoms with Crippen LogP contribution >= 0.6 is 24.0 Å². The Kier molecular flexibility index (Phi) is 33.6. The molecule has 0 aromatic heterocycles. The number of nitrogens with two attached hydrogens (primary N) is 1. The van der Waals surface area contributed by atoms with E-state index in [1.807, 2.05) is 0 Å². The number of thiocarbonyl (C=S) groups is 1. The molecule has 1 aromatic carbocycles. The van der Waals surface area contributed by atoms with Crippen molar-refractivity contribution < 1.29 is 21.1 Å². The quantitative estimate of drug-likeness (QED) is 0.0359. The van der Waals surface area contributed by atoms with E-state index in [0.29, 0.717) is 4.32 Å².